The van der Waals surface area contributed by atoms with E-state index in [-0.39, 0.29) is 5.41 Å². The molecule has 1 aromatic heterocycles. The fourth-order valence-electron chi connectivity index (χ4n) is 2.65. The van der Waals surface area contributed by atoms with Crippen molar-refractivity contribution < 1.29 is 0 Å². The van der Waals surface area contributed by atoms with E-state index >= 15 is 0 Å². The largest absolute Gasteiger partial charge is 0.383 e. The molecule has 1 fully saturated rings. The van der Waals surface area contributed by atoms with Gasteiger partial charge >= 0.3 is 0 Å². The number of halogens is 1. The van der Waals surface area contributed by atoms with Crippen LogP contribution >= 0.6 is 22.6 Å². The molecular formula is C16H18IN3. The van der Waals surface area contributed by atoms with E-state index < -0.39 is 0 Å². The van der Waals surface area contributed by atoms with Crippen molar-refractivity contribution in [3.05, 3.63) is 51.0 Å². The molecule has 1 heterocycles. The van der Waals surface area contributed by atoms with Gasteiger partial charge in [0.15, 0.2) is 0 Å². The number of aromatic nitrogens is 2. The molecule has 0 saturated heterocycles. The highest BCUT2D eigenvalue weighted by Crippen LogP contribution is 2.52. The molecule has 20 heavy (non-hydrogen) atoms. The van der Waals surface area contributed by atoms with Crippen LogP contribution in [0.15, 0.2) is 30.3 Å². The van der Waals surface area contributed by atoms with Gasteiger partial charge in [-0.2, -0.15) is 0 Å². The summed E-state index contributed by atoms with van der Waals surface area (Å²) in [5.41, 5.74) is 8.50. The number of hydrogen-bond acceptors (Lipinski definition) is 3. The first-order valence-electron chi connectivity index (χ1n) is 7.05. The van der Waals surface area contributed by atoms with Crippen molar-refractivity contribution in [3.8, 4) is 0 Å². The Bertz CT molecular complexity index is 621. The van der Waals surface area contributed by atoms with Crippen molar-refractivity contribution in [3.63, 3.8) is 0 Å². The average Bonchev–Trinajstić information content (AvgIpc) is 3.26. The van der Waals surface area contributed by atoms with Crippen LogP contribution in [0.25, 0.3) is 0 Å². The molecule has 3 nitrogen and oxygen atoms in total. The molecule has 0 spiro atoms. The van der Waals surface area contributed by atoms with Gasteiger partial charge in [-0.3, -0.25) is 0 Å². The first-order chi connectivity index (χ1) is 9.67. The van der Waals surface area contributed by atoms with Crippen LogP contribution < -0.4 is 5.73 Å². The van der Waals surface area contributed by atoms with E-state index in [1.165, 1.54) is 5.56 Å². The van der Waals surface area contributed by atoms with Crippen molar-refractivity contribution in [2.75, 3.05) is 5.73 Å². The number of nitrogens with two attached hydrogens (primary N) is 1. The molecule has 0 amide bonds. The Morgan fingerprint density at radius 3 is 2.50 bits per heavy atom. The minimum absolute atomic E-state index is 0.00219. The maximum absolute atomic E-state index is 6.10. The summed E-state index contributed by atoms with van der Waals surface area (Å²) in [5.74, 6) is 1.53. The molecule has 3 rings (SSSR count). The fraction of sp³-hybridized carbons (Fsp3) is 0.375. The molecule has 104 valence electrons. The second-order valence-corrected chi connectivity index (χ2v) is 6.47. The Labute approximate surface area is 133 Å². The van der Waals surface area contributed by atoms with E-state index in [1.54, 1.807) is 0 Å². The molecule has 0 aliphatic heterocycles. The third-order valence-corrected chi connectivity index (χ3v) is 5.11. The lowest BCUT2D eigenvalue weighted by atomic mass is 9.95. The van der Waals surface area contributed by atoms with E-state index in [0.717, 1.165) is 40.8 Å². The second-order valence-electron chi connectivity index (χ2n) is 5.39. The normalized spacial score (nSPS) is 16.1. The number of hydrogen-bond donors (Lipinski definition) is 1. The van der Waals surface area contributed by atoms with Gasteiger partial charge in [0.1, 0.15) is 11.6 Å². The van der Waals surface area contributed by atoms with Crippen LogP contribution in [0.5, 0.6) is 0 Å². The number of anilines is 1. The zero-order valence-corrected chi connectivity index (χ0v) is 13.7. The predicted octanol–water partition coefficient (Wildman–Crippen LogP) is 3.70. The van der Waals surface area contributed by atoms with Crippen LogP contribution in [-0.4, -0.2) is 9.97 Å². The highest BCUT2D eigenvalue weighted by molar-refractivity contribution is 14.1. The zero-order chi connectivity index (χ0) is 14.2. The third kappa shape index (κ3) is 2.30. The van der Waals surface area contributed by atoms with Crippen molar-refractivity contribution in [2.45, 2.75) is 38.0 Å². The van der Waals surface area contributed by atoms with Gasteiger partial charge in [0, 0.05) is 0 Å². The quantitative estimate of drug-likeness (QED) is 0.825. The van der Waals surface area contributed by atoms with Gasteiger partial charge in [-0.25, -0.2) is 9.97 Å². The Morgan fingerprint density at radius 1 is 1.20 bits per heavy atom. The van der Waals surface area contributed by atoms with Crippen LogP contribution in [0, 0.1) is 3.57 Å². The van der Waals surface area contributed by atoms with Gasteiger partial charge in [-0.15, -0.1) is 0 Å². The summed E-state index contributed by atoms with van der Waals surface area (Å²) in [6, 6.07) is 10.6. The maximum atomic E-state index is 6.10. The van der Waals surface area contributed by atoms with Crippen LogP contribution in [0.1, 0.15) is 43.3 Å². The molecule has 2 aromatic rings. The molecule has 4 heteroatoms. The smallest absolute Gasteiger partial charge is 0.141 e. The zero-order valence-electron chi connectivity index (χ0n) is 11.6. The lowest BCUT2D eigenvalue weighted by Gasteiger charge is -2.17. The first-order valence-corrected chi connectivity index (χ1v) is 8.13. The number of aryl methyl sites for hydroxylation is 1. The van der Waals surface area contributed by atoms with Crippen LogP contribution in [0.4, 0.5) is 5.82 Å². The molecule has 0 radical (unpaired) electrons. The Kier molecular flexibility index (Phi) is 3.67. The van der Waals surface area contributed by atoms with E-state index in [1.807, 2.05) is 6.07 Å². The van der Waals surface area contributed by atoms with Gasteiger partial charge in [0.05, 0.1) is 14.7 Å². The number of nitrogen functional groups attached to an aromatic ring is 1. The molecule has 1 aromatic carbocycles. The molecular weight excluding hydrogens is 361 g/mol. The molecule has 0 atom stereocenters. The maximum Gasteiger partial charge on any atom is 0.141 e. The summed E-state index contributed by atoms with van der Waals surface area (Å²) in [5, 5.41) is 0. The summed E-state index contributed by atoms with van der Waals surface area (Å²) < 4.78 is 1.01. The van der Waals surface area contributed by atoms with Crippen LogP contribution in [0.3, 0.4) is 0 Å². The number of benzene rings is 1. The van der Waals surface area contributed by atoms with Crippen molar-refractivity contribution in [2.24, 2.45) is 0 Å². The summed E-state index contributed by atoms with van der Waals surface area (Å²) in [6.45, 7) is 2.16. The minimum Gasteiger partial charge on any atom is -0.383 e. The van der Waals surface area contributed by atoms with Gasteiger partial charge in [-0.1, -0.05) is 43.7 Å². The Morgan fingerprint density at radius 2 is 1.90 bits per heavy atom. The molecule has 0 unspecified atom stereocenters. The summed E-state index contributed by atoms with van der Waals surface area (Å²) in [7, 11) is 0. The average molecular weight is 379 g/mol. The van der Waals surface area contributed by atoms with Crippen molar-refractivity contribution >= 4 is 28.4 Å². The fourth-order valence-corrected chi connectivity index (χ4v) is 3.16. The van der Waals surface area contributed by atoms with Crippen LogP contribution in [-0.2, 0) is 11.8 Å². The van der Waals surface area contributed by atoms with E-state index in [0.29, 0.717) is 5.82 Å². The van der Waals surface area contributed by atoms with E-state index in [9.17, 15) is 0 Å². The number of rotatable bonds is 4. The highest BCUT2D eigenvalue weighted by atomic mass is 127. The molecule has 1 aliphatic rings. The first kappa shape index (κ1) is 13.8. The summed E-state index contributed by atoms with van der Waals surface area (Å²) >= 11 is 2.26. The van der Waals surface area contributed by atoms with E-state index in [2.05, 4.69) is 58.8 Å². The summed E-state index contributed by atoms with van der Waals surface area (Å²) in [6.07, 6.45) is 4.26. The third-order valence-electron chi connectivity index (χ3n) is 3.94. The lowest BCUT2D eigenvalue weighted by Crippen LogP contribution is -2.17. The van der Waals surface area contributed by atoms with E-state index in [4.69, 9.17) is 10.7 Å². The molecule has 2 N–H and O–H groups in total. The minimum atomic E-state index is 0.00219. The highest BCUT2D eigenvalue weighted by Gasteiger charge is 2.48. The Balaban J connectivity index is 2.07. The summed E-state index contributed by atoms with van der Waals surface area (Å²) in [4.78, 5) is 9.42. The monoisotopic (exact) mass is 379 g/mol. The molecule has 0 bridgehead atoms. The van der Waals surface area contributed by atoms with Gasteiger partial charge in [0.25, 0.3) is 0 Å². The van der Waals surface area contributed by atoms with Gasteiger partial charge < -0.3 is 5.73 Å². The standard InChI is InChI=1S/C16H18IN3/c1-2-6-12-13(17)14(18)20-15(19-12)16(9-10-16)11-7-4-3-5-8-11/h3-5,7-8H,2,6,9-10H2,1H3,(H2,18,19,20). The Hall–Kier alpha value is -1.17. The second kappa shape index (κ2) is 5.31. The predicted molar refractivity (Wildman–Crippen MR) is 89.6 cm³/mol. The van der Waals surface area contributed by atoms with Gasteiger partial charge in [0.2, 0.25) is 0 Å². The number of nitrogens with zero attached hydrogens (tertiary/aromatic N) is 2. The topological polar surface area (TPSA) is 51.8 Å². The van der Waals surface area contributed by atoms with Crippen LogP contribution in [0.2, 0.25) is 0 Å². The lowest BCUT2D eigenvalue weighted by molar-refractivity contribution is 0.731. The van der Waals surface area contributed by atoms with Gasteiger partial charge in [-0.05, 0) is 47.4 Å². The molecule has 1 saturated carbocycles. The van der Waals surface area contributed by atoms with Crippen molar-refractivity contribution in [1.82, 2.24) is 9.97 Å². The van der Waals surface area contributed by atoms with Crippen molar-refractivity contribution in [1.29, 1.82) is 0 Å². The molecule has 1 aliphatic carbocycles. The SMILES string of the molecule is CCCc1nc(C2(c3ccccc3)CC2)nc(N)c1I.